The standard InChI is InChI=1S/C28H45NO2/c1-11-24(8)26-12-14-27(15-13-26)25(9)29-18-23(7)16-22(6)17-28(30-10,20(2)3)19-31-21(4)5/h12-16,20-22H,8,11,17-19H2,1-7,9-10H3. The minimum Gasteiger partial charge on any atom is -0.376 e. The molecular weight excluding hydrogens is 382 g/mol. The third kappa shape index (κ3) is 8.74. The van der Waals surface area contributed by atoms with E-state index in [-0.39, 0.29) is 11.7 Å². The summed E-state index contributed by atoms with van der Waals surface area (Å²) in [4.78, 5) is 4.82. The smallest absolute Gasteiger partial charge is 0.0939 e. The van der Waals surface area contributed by atoms with Gasteiger partial charge in [-0.05, 0) is 69.1 Å². The zero-order chi connectivity index (χ0) is 23.6. The molecule has 0 aliphatic rings. The number of aliphatic imine (C=N–C) groups is 1. The molecule has 0 N–H and O–H groups in total. The van der Waals surface area contributed by atoms with E-state index < -0.39 is 0 Å². The number of hydrogen-bond donors (Lipinski definition) is 0. The fraction of sp³-hybridized carbons (Fsp3) is 0.607. The van der Waals surface area contributed by atoms with Gasteiger partial charge in [-0.2, -0.15) is 0 Å². The molecule has 174 valence electrons. The van der Waals surface area contributed by atoms with E-state index in [0.717, 1.165) is 24.1 Å². The van der Waals surface area contributed by atoms with E-state index in [0.29, 0.717) is 25.0 Å². The molecule has 0 aliphatic heterocycles. The van der Waals surface area contributed by atoms with E-state index in [1.54, 1.807) is 0 Å². The molecule has 1 aromatic rings. The van der Waals surface area contributed by atoms with Gasteiger partial charge in [0.05, 0.1) is 24.9 Å². The van der Waals surface area contributed by atoms with Crippen molar-refractivity contribution >= 4 is 11.3 Å². The maximum atomic E-state index is 6.00. The first-order chi connectivity index (χ1) is 14.5. The highest BCUT2D eigenvalue weighted by molar-refractivity contribution is 5.99. The van der Waals surface area contributed by atoms with Crippen LogP contribution < -0.4 is 0 Å². The van der Waals surface area contributed by atoms with Crippen molar-refractivity contribution in [1.29, 1.82) is 0 Å². The summed E-state index contributed by atoms with van der Waals surface area (Å²) in [5.41, 5.74) is 5.61. The van der Waals surface area contributed by atoms with Gasteiger partial charge in [0.1, 0.15) is 0 Å². The lowest BCUT2D eigenvalue weighted by molar-refractivity contribution is -0.123. The highest BCUT2D eigenvalue weighted by Gasteiger charge is 2.35. The average Bonchev–Trinajstić information content (AvgIpc) is 2.74. The Morgan fingerprint density at radius 2 is 1.65 bits per heavy atom. The van der Waals surface area contributed by atoms with Gasteiger partial charge in [0, 0.05) is 12.8 Å². The summed E-state index contributed by atoms with van der Waals surface area (Å²) < 4.78 is 12.0. The second-order valence-corrected chi connectivity index (χ2v) is 9.41. The summed E-state index contributed by atoms with van der Waals surface area (Å²) in [6, 6.07) is 8.56. The fourth-order valence-electron chi connectivity index (χ4n) is 3.78. The molecule has 0 heterocycles. The van der Waals surface area contributed by atoms with Crippen molar-refractivity contribution in [2.45, 2.75) is 79.9 Å². The Morgan fingerprint density at radius 1 is 1.06 bits per heavy atom. The predicted octanol–water partition coefficient (Wildman–Crippen LogP) is 7.36. The van der Waals surface area contributed by atoms with Gasteiger partial charge in [-0.1, -0.05) is 70.2 Å². The number of allylic oxidation sites excluding steroid dienone is 2. The molecule has 31 heavy (non-hydrogen) atoms. The van der Waals surface area contributed by atoms with Gasteiger partial charge in [0.25, 0.3) is 0 Å². The summed E-state index contributed by atoms with van der Waals surface area (Å²) in [5, 5.41) is 0. The first kappa shape index (κ1) is 27.3. The molecule has 3 nitrogen and oxygen atoms in total. The van der Waals surface area contributed by atoms with Crippen molar-refractivity contribution in [2.75, 3.05) is 20.3 Å². The summed E-state index contributed by atoms with van der Waals surface area (Å²) in [5.74, 6) is 0.757. The van der Waals surface area contributed by atoms with Gasteiger partial charge in [-0.25, -0.2) is 0 Å². The molecule has 2 atom stereocenters. The minimum atomic E-state index is -0.274. The number of nitrogens with zero attached hydrogens (tertiary/aromatic N) is 1. The van der Waals surface area contributed by atoms with Crippen molar-refractivity contribution < 1.29 is 9.47 Å². The Bertz CT molecular complexity index is 743. The Kier molecular flexibility index (Phi) is 11.4. The molecule has 3 heteroatoms. The van der Waals surface area contributed by atoms with Crippen molar-refractivity contribution in [3.63, 3.8) is 0 Å². The zero-order valence-electron chi connectivity index (χ0n) is 21.4. The summed E-state index contributed by atoms with van der Waals surface area (Å²) in [7, 11) is 1.81. The first-order valence-electron chi connectivity index (χ1n) is 11.7. The van der Waals surface area contributed by atoms with Crippen molar-refractivity contribution in [3.8, 4) is 0 Å². The third-order valence-electron chi connectivity index (χ3n) is 6.06. The van der Waals surface area contributed by atoms with Crippen LogP contribution in [0, 0.1) is 11.8 Å². The first-order valence-corrected chi connectivity index (χ1v) is 11.7. The van der Waals surface area contributed by atoms with Gasteiger partial charge < -0.3 is 9.47 Å². The Labute approximate surface area is 191 Å². The summed E-state index contributed by atoms with van der Waals surface area (Å²) >= 11 is 0. The minimum absolute atomic E-state index is 0.201. The van der Waals surface area contributed by atoms with Crippen LogP contribution in [0.25, 0.3) is 5.57 Å². The normalized spacial score (nSPS) is 16.0. The van der Waals surface area contributed by atoms with Gasteiger partial charge in [-0.3, -0.25) is 4.99 Å². The number of benzene rings is 1. The van der Waals surface area contributed by atoms with Crippen LogP contribution in [0.3, 0.4) is 0 Å². The molecule has 0 spiro atoms. The van der Waals surface area contributed by atoms with Crippen LogP contribution in [-0.2, 0) is 9.47 Å². The van der Waals surface area contributed by atoms with Gasteiger partial charge in [-0.15, -0.1) is 0 Å². The molecule has 0 amide bonds. The lowest BCUT2D eigenvalue weighted by atomic mass is 9.82. The lowest BCUT2D eigenvalue weighted by Crippen LogP contribution is -2.44. The SMILES string of the molecule is C=C(CC)c1ccc(C(C)=NCC(C)=CC(C)CC(COC(C)C)(OC)C(C)C)cc1. The van der Waals surface area contributed by atoms with Gasteiger partial charge in [0.2, 0.25) is 0 Å². The van der Waals surface area contributed by atoms with E-state index in [9.17, 15) is 0 Å². The van der Waals surface area contributed by atoms with Crippen LogP contribution in [0.4, 0.5) is 0 Å². The van der Waals surface area contributed by atoms with Crippen LogP contribution in [0.1, 0.15) is 79.4 Å². The lowest BCUT2D eigenvalue weighted by Gasteiger charge is -2.38. The van der Waals surface area contributed by atoms with Crippen LogP contribution >= 0.6 is 0 Å². The Hall–Kier alpha value is -1.71. The predicted molar refractivity (Wildman–Crippen MR) is 136 cm³/mol. The third-order valence-corrected chi connectivity index (χ3v) is 6.06. The number of methoxy groups -OCH3 is 1. The monoisotopic (exact) mass is 427 g/mol. The van der Waals surface area contributed by atoms with E-state index in [1.165, 1.54) is 16.7 Å². The van der Waals surface area contributed by atoms with Crippen LogP contribution in [-0.4, -0.2) is 37.7 Å². The Morgan fingerprint density at radius 3 is 2.13 bits per heavy atom. The summed E-state index contributed by atoms with van der Waals surface area (Å²) in [6.07, 6.45) is 4.43. The highest BCUT2D eigenvalue weighted by Crippen LogP contribution is 2.31. The fourth-order valence-corrected chi connectivity index (χ4v) is 3.78. The molecule has 0 aliphatic carbocycles. The number of hydrogen-bond acceptors (Lipinski definition) is 3. The molecule has 1 aromatic carbocycles. The molecular formula is C28H45NO2. The van der Waals surface area contributed by atoms with E-state index >= 15 is 0 Å². The van der Waals surface area contributed by atoms with E-state index in [1.807, 2.05) is 7.11 Å². The topological polar surface area (TPSA) is 30.8 Å². The van der Waals surface area contributed by atoms with Crippen LogP contribution in [0.5, 0.6) is 0 Å². The van der Waals surface area contributed by atoms with E-state index in [4.69, 9.17) is 14.5 Å². The molecule has 0 radical (unpaired) electrons. The molecule has 1 rings (SSSR count). The van der Waals surface area contributed by atoms with Crippen molar-refractivity contribution in [3.05, 3.63) is 53.6 Å². The molecule has 0 fully saturated rings. The van der Waals surface area contributed by atoms with Crippen LogP contribution in [0.15, 0.2) is 47.5 Å². The molecule has 0 aromatic heterocycles. The maximum Gasteiger partial charge on any atom is 0.0939 e. The zero-order valence-corrected chi connectivity index (χ0v) is 21.4. The summed E-state index contributed by atoms with van der Waals surface area (Å²) in [6.45, 7) is 22.6. The number of rotatable bonds is 13. The van der Waals surface area contributed by atoms with Gasteiger partial charge >= 0.3 is 0 Å². The molecule has 0 saturated heterocycles. The average molecular weight is 428 g/mol. The second kappa shape index (κ2) is 13.0. The van der Waals surface area contributed by atoms with E-state index in [2.05, 4.69) is 92.3 Å². The molecule has 0 bridgehead atoms. The van der Waals surface area contributed by atoms with Crippen molar-refractivity contribution in [2.24, 2.45) is 16.8 Å². The molecule has 2 unspecified atom stereocenters. The maximum absolute atomic E-state index is 6.00. The van der Waals surface area contributed by atoms with Gasteiger partial charge in [0.15, 0.2) is 0 Å². The van der Waals surface area contributed by atoms with Crippen molar-refractivity contribution in [1.82, 2.24) is 0 Å². The highest BCUT2D eigenvalue weighted by atomic mass is 16.5. The quantitative estimate of drug-likeness (QED) is 0.243. The number of ether oxygens (including phenoxy) is 2. The van der Waals surface area contributed by atoms with Crippen LogP contribution in [0.2, 0.25) is 0 Å². The Balaban J connectivity index is 2.81. The molecule has 0 saturated carbocycles. The largest absolute Gasteiger partial charge is 0.376 e. The second-order valence-electron chi connectivity index (χ2n) is 9.41.